The van der Waals surface area contributed by atoms with Crippen molar-refractivity contribution in [3.05, 3.63) is 23.5 Å². The molecule has 1 unspecified atom stereocenters. The van der Waals surface area contributed by atoms with E-state index in [-0.39, 0.29) is 0 Å². The Morgan fingerprint density at radius 2 is 2.43 bits per heavy atom. The minimum atomic E-state index is 0.532. The van der Waals surface area contributed by atoms with Crippen molar-refractivity contribution >= 4 is 39.4 Å². The third-order valence-corrected chi connectivity index (χ3v) is 3.76. The lowest BCUT2D eigenvalue weighted by Gasteiger charge is -1.94. The highest BCUT2D eigenvalue weighted by molar-refractivity contribution is 14.2. The van der Waals surface area contributed by atoms with Gasteiger partial charge in [-0.15, -0.1) is 0 Å². The van der Waals surface area contributed by atoms with Crippen LogP contribution >= 0.6 is 28.4 Å². The fourth-order valence-corrected chi connectivity index (χ4v) is 2.72. The number of aromatic nitrogens is 3. The summed E-state index contributed by atoms with van der Waals surface area (Å²) in [6, 6.07) is 3.91. The summed E-state index contributed by atoms with van der Waals surface area (Å²) in [6.45, 7) is 1.93. The van der Waals surface area contributed by atoms with Gasteiger partial charge >= 0.3 is 0 Å². The molecule has 0 N–H and O–H groups in total. The minimum Gasteiger partial charge on any atom is -0.235 e. The van der Waals surface area contributed by atoms with Crippen LogP contribution in [-0.2, 0) is 0 Å². The Hall–Kier alpha value is -0.730. The minimum absolute atomic E-state index is 0.532. The quantitative estimate of drug-likeness (QED) is 0.600. The van der Waals surface area contributed by atoms with Crippen LogP contribution in [0, 0.1) is 18.3 Å². The largest absolute Gasteiger partial charge is 0.235 e. The fourth-order valence-electron chi connectivity index (χ4n) is 1.26. The first-order valence-corrected chi connectivity index (χ1v) is 7.94. The topological polar surface area (TPSA) is 54.5 Å². The Balaban J connectivity index is 2.78. The Bertz CT molecular complexity index is 528. The summed E-state index contributed by atoms with van der Waals surface area (Å²) in [4.78, 5) is 4.22. The molecule has 0 aliphatic carbocycles. The number of halogens is 1. The van der Waals surface area contributed by atoms with E-state index in [2.05, 4.69) is 38.2 Å². The molecule has 0 amide bonds. The maximum atomic E-state index is 8.73. The first-order chi connectivity index (χ1) is 6.76. The number of hydrogen-bond acceptors (Lipinski definition) is 3. The molecule has 0 aliphatic heterocycles. The summed E-state index contributed by atoms with van der Waals surface area (Å²) in [5, 5.41) is 14.0. The molecule has 0 bridgehead atoms. The summed E-state index contributed by atoms with van der Waals surface area (Å²) in [6.07, 6.45) is 2.11. The molecule has 0 radical (unpaired) electrons. The van der Waals surface area contributed by atoms with Crippen molar-refractivity contribution in [2.45, 2.75) is 6.92 Å². The van der Waals surface area contributed by atoms with E-state index in [1.54, 1.807) is 6.20 Å². The molecule has 0 saturated heterocycles. The standard InChI is InChI=1S/C8H6IN4P/c1-5-7-2-6(3-10)4-11-8(7)13(12-5)14-9/h2,4,14H,1H3. The molecular weight excluding hydrogens is 310 g/mol. The van der Waals surface area contributed by atoms with E-state index in [1.807, 2.05) is 17.4 Å². The van der Waals surface area contributed by atoms with Crippen LogP contribution in [0.2, 0.25) is 0 Å². The van der Waals surface area contributed by atoms with Crippen molar-refractivity contribution in [2.24, 2.45) is 0 Å². The van der Waals surface area contributed by atoms with Crippen LogP contribution in [0.1, 0.15) is 11.3 Å². The summed E-state index contributed by atoms with van der Waals surface area (Å²) >= 11 is 2.26. The number of rotatable bonds is 1. The number of nitriles is 1. The zero-order valence-corrected chi connectivity index (χ0v) is 10.5. The van der Waals surface area contributed by atoms with Crippen molar-refractivity contribution in [1.82, 2.24) is 14.5 Å². The predicted molar refractivity (Wildman–Crippen MR) is 64.7 cm³/mol. The van der Waals surface area contributed by atoms with Gasteiger partial charge in [0.25, 0.3) is 0 Å². The van der Waals surface area contributed by atoms with Crippen molar-refractivity contribution in [3.8, 4) is 6.07 Å². The Morgan fingerprint density at radius 1 is 1.64 bits per heavy atom. The number of fused-ring (bicyclic) bond motifs is 1. The molecule has 70 valence electrons. The number of hydrogen-bond donors (Lipinski definition) is 0. The highest BCUT2D eigenvalue weighted by Gasteiger charge is 2.08. The highest BCUT2D eigenvalue weighted by atomic mass is 127. The van der Waals surface area contributed by atoms with E-state index in [9.17, 15) is 0 Å². The van der Waals surface area contributed by atoms with E-state index in [0.29, 0.717) is 11.9 Å². The molecule has 14 heavy (non-hydrogen) atoms. The number of aryl methyl sites for hydroxylation is 1. The van der Waals surface area contributed by atoms with Gasteiger partial charge in [0.1, 0.15) is 6.07 Å². The lowest BCUT2D eigenvalue weighted by atomic mass is 10.2. The monoisotopic (exact) mass is 316 g/mol. The van der Waals surface area contributed by atoms with Gasteiger partial charge in [-0.05, 0) is 35.0 Å². The fraction of sp³-hybridized carbons (Fsp3) is 0.125. The summed E-state index contributed by atoms with van der Waals surface area (Å²) < 4.78 is 1.85. The Labute approximate surface area is 95.6 Å². The molecule has 2 aromatic rings. The summed E-state index contributed by atoms with van der Waals surface area (Å²) in [7, 11) is 0. The molecule has 0 fully saturated rings. The van der Waals surface area contributed by atoms with Gasteiger partial charge in [0, 0.05) is 11.6 Å². The molecule has 0 spiro atoms. The van der Waals surface area contributed by atoms with E-state index >= 15 is 0 Å². The van der Waals surface area contributed by atoms with Gasteiger partial charge in [-0.25, -0.2) is 9.44 Å². The molecule has 0 aromatic carbocycles. The maximum Gasteiger partial charge on any atom is 0.162 e. The normalized spacial score (nSPS) is 11.2. The van der Waals surface area contributed by atoms with Crippen LogP contribution < -0.4 is 0 Å². The summed E-state index contributed by atoms with van der Waals surface area (Å²) in [5.41, 5.74) is 2.36. The molecule has 2 rings (SSSR count). The Morgan fingerprint density at radius 3 is 3.07 bits per heavy atom. The first-order valence-electron chi connectivity index (χ1n) is 3.88. The van der Waals surface area contributed by atoms with Crippen molar-refractivity contribution < 1.29 is 0 Å². The smallest absolute Gasteiger partial charge is 0.162 e. The van der Waals surface area contributed by atoms with Crippen LogP contribution in [0.4, 0.5) is 0 Å². The van der Waals surface area contributed by atoms with E-state index in [0.717, 1.165) is 16.7 Å². The van der Waals surface area contributed by atoms with Crippen LogP contribution in [0.5, 0.6) is 0 Å². The van der Waals surface area contributed by atoms with Crippen LogP contribution in [0.15, 0.2) is 12.3 Å². The predicted octanol–water partition coefficient (Wildman–Crippen LogP) is 2.40. The molecule has 4 nitrogen and oxygen atoms in total. The molecule has 1 atom stereocenters. The van der Waals surface area contributed by atoms with Crippen LogP contribution in [-0.4, -0.2) is 14.5 Å². The average molecular weight is 316 g/mol. The summed E-state index contributed by atoms with van der Waals surface area (Å²) in [5.74, 6) is 0. The lowest BCUT2D eigenvalue weighted by Crippen LogP contribution is -1.86. The van der Waals surface area contributed by atoms with Crippen molar-refractivity contribution in [1.29, 1.82) is 5.26 Å². The van der Waals surface area contributed by atoms with Gasteiger partial charge < -0.3 is 0 Å². The van der Waals surface area contributed by atoms with Crippen molar-refractivity contribution in [3.63, 3.8) is 0 Å². The average Bonchev–Trinajstić information content (AvgIpc) is 2.55. The van der Waals surface area contributed by atoms with E-state index in [1.165, 1.54) is 0 Å². The molecule has 6 heteroatoms. The Kier molecular flexibility index (Phi) is 2.66. The van der Waals surface area contributed by atoms with Gasteiger partial charge in [0.15, 0.2) is 5.65 Å². The molecular formula is C8H6IN4P. The molecule has 2 heterocycles. The lowest BCUT2D eigenvalue weighted by molar-refractivity contribution is 0.990. The zero-order chi connectivity index (χ0) is 10.1. The number of pyridine rings is 1. The second-order valence-electron chi connectivity index (χ2n) is 2.79. The SMILES string of the molecule is Cc1nn(PI)c2ncc(C#N)cc12. The second kappa shape index (κ2) is 3.79. The van der Waals surface area contributed by atoms with Gasteiger partial charge in [-0.2, -0.15) is 10.4 Å². The van der Waals surface area contributed by atoms with Gasteiger partial charge in [-0.3, -0.25) is 0 Å². The van der Waals surface area contributed by atoms with Gasteiger partial charge in [0.2, 0.25) is 0 Å². The van der Waals surface area contributed by atoms with E-state index < -0.39 is 0 Å². The van der Waals surface area contributed by atoms with Crippen LogP contribution in [0.25, 0.3) is 11.0 Å². The van der Waals surface area contributed by atoms with Gasteiger partial charge in [0.05, 0.1) is 17.6 Å². The highest BCUT2D eigenvalue weighted by Crippen LogP contribution is 2.28. The third-order valence-electron chi connectivity index (χ3n) is 1.92. The molecule has 0 saturated carbocycles. The maximum absolute atomic E-state index is 8.73. The third kappa shape index (κ3) is 1.49. The van der Waals surface area contributed by atoms with Gasteiger partial charge in [-0.1, -0.05) is 0 Å². The van der Waals surface area contributed by atoms with Crippen LogP contribution in [0.3, 0.4) is 0 Å². The first kappa shape index (κ1) is 9.81. The number of nitrogens with zero attached hydrogens (tertiary/aromatic N) is 4. The molecule has 0 aliphatic rings. The second-order valence-corrected chi connectivity index (χ2v) is 4.83. The molecule has 2 aromatic heterocycles. The zero-order valence-electron chi connectivity index (χ0n) is 7.32. The van der Waals surface area contributed by atoms with Crippen molar-refractivity contribution in [2.75, 3.05) is 0 Å². The van der Waals surface area contributed by atoms with E-state index in [4.69, 9.17) is 5.26 Å².